The molecule has 0 aliphatic heterocycles. The third-order valence-electron chi connectivity index (χ3n) is 1.40. The Morgan fingerprint density at radius 3 is 1.50 bits per heavy atom. The lowest BCUT2D eigenvalue weighted by Crippen LogP contribution is -2.15. The van der Waals surface area contributed by atoms with Gasteiger partial charge in [-0.3, -0.25) is 0 Å². The molecule has 0 rings (SSSR count). The summed E-state index contributed by atoms with van der Waals surface area (Å²) in [5, 5.41) is 0. The van der Waals surface area contributed by atoms with Crippen molar-refractivity contribution in [3.8, 4) is 0 Å². The molecule has 0 spiro atoms. The van der Waals surface area contributed by atoms with E-state index in [1.165, 1.54) is 5.71 Å². The van der Waals surface area contributed by atoms with Gasteiger partial charge in [-0.2, -0.15) is 0 Å². The molecule has 1 heteroatoms. The molecule has 0 bridgehead atoms. The Hall–Kier alpha value is -0.330. The highest BCUT2D eigenvalue weighted by Crippen LogP contribution is 1.77. The molecule has 8 heavy (non-hydrogen) atoms. The van der Waals surface area contributed by atoms with Crippen LogP contribution in [0.2, 0.25) is 0 Å². The topological polar surface area (TPSA) is 3.01 Å². The van der Waals surface area contributed by atoms with Gasteiger partial charge in [0, 0.05) is 13.8 Å². The predicted octanol–water partition coefficient (Wildman–Crippen LogP) is 1.52. The molecular formula is C7H16N+. The van der Waals surface area contributed by atoms with E-state index in [1.54, 1.807) is 0 Å². The summed E-state index contributed by atoms with van der Waals surface area (Å²) in [6.07, 6.45) is 0. The van der Waals surface area contributed by atoms with Crippen molar-refractivity contribution in [3.63, 3.8) is 0 Å². The van der Waals surface area contributed by atoms with Crippen LogP contribution in [-0.4, -0.2) is 23.4 Å². The molecule has 0 saturated heterocycles. The standard InChI is InChI=1S/C7H16N/c1-5-8(6-2)7(3)4/h5-6H2,1-4H3/q+1. The highest BCUT2D eigenvalue weighted by molar-refractivity contribution is 5.73. The molecule has 0 aliphatic rings. The zero-order valence-electron chi connectivity index (χ0n) is 6.36. The van der Waals surface area contributed by atoms with E-state index in [2.05, 4.69) is 32.3 Å². The monoisotopic (exact) mass is 114 g/mol. The molecule has 0 aromatic rings. The van der Waals surface area contributed by atoms with Crippen LogP contribution in [0.3, 0.4) is 0 Å². The largest absolute Gasteiger partial charge is 0.238 e. The van der Waals surface area contributed by atoms with Crippen LogP contribution in [0.1, 0.15) is 27.7 Å². The van der Waals surface area contributed by atoms with E-state index in [4.69, 9.17) is 0 Å². The highest BCUT2D eigenvalue weighted by Gasteiger charge is 1.95. The van der Waals surface area contributed by atoms with Gasteiger partial charge in [-0.15, -0.1) is 0 Å². The molecule has 0 aromatic carbocycles. The lowest BCUT2D eigenvalue weighted by atomic mass is 10.4. The van der Waals surface area contributed by atoms with E-state index in [0.29, 0.717) is 0 Å². The van der Waals surface area contributed by atoms with Gasteiger partial charge in [-0.05, 0) is 13.8 Å². The molecular weight excluding hydrogens is 98.1 g/mol. The summed E-state index contributed by atoms with van der Waals surface area (Å²) in [6.45, 7) is 10.9. The third-order valence-corrected chi connectivity index (χ3v) is 1.40. The van der Waals surface area contributed by atoms with Crippen LogP contribution >= 0.6 is 0 Å². The third kappa shape index (κ3) is 2.10. The average molecular weight is 114 g/mol. The Labute approximate surface area is 52.0 Å². The number of hydrogen-bond acceptors (Lipinski definition) is 0. The minimum absolute atomic E-state index is 1.14. The predicted molar refractivity (Wildman–Crippen MR) is 37.7 cm³/mol. The first-order valence-corrected chi connectivity index (χ1v) is 3.27. The fraction of sp³-hybridized carbons (Fsp3) is 0.857. The average Bonchev–Trinajstić information content (AvgIpc) is 1.69. The molecule has 0 N–H and O–H groups in total. The van der Waals surface area contributed by atoms with E-state index >= 15 is 0 Å². The fourth-order valence-corrected chi connectivity index (χ4v) is 0.856. The zero-order chi connectivity index (χ0) is 6.57. The molecule has 0 unspecified atom stereocenters. The van der Waals surface area contributed by atoms with Gasteiger partial charge in [0.1, 0.15) is 18.8 Å². The van der Waals surface area contributed by atoms with Gasteiger partial charge in [0.15, 0.2) is 0 Å². The highest BCUT2D eigenvalue weighted by atomic mass is 15.0. The van der Waals surface area contributed by atoms with E-state index in [9.17, 15) is 0 Å². The minimum Gasteiger partial charge on any atom is -0.238 e. The van der Waals surface area contributed by atoms with Crippen molar-refractivity contribution in [3.05, 3.63) is 0 Å². The van der Waals surface area contributed by atoms with Gasteiger partial charge in [-0.1, -0.05) is 0 Å². The zero-order valence-corrected chi connectivity index (χ0v) is 6.36. The molecule has 48 valence electrons. The van der Waals surface area contributed by atoms with Gasteiger partial charge >= 0.3 is 0 Å². The van der Waals surface area contributed by atoms with Crippen LogP contribution in [0.5, 0.6) is 0 Å². The normalized spacial score (nSPS) is 9.00. The maximum atomic E-state index is 2.33. The molecule has 0 fully saturated rings. The second kappa shape index (κ2) is 3.65. The summed E-state index contributed by atoms with van der Waals surface area (Å²) < 4.78 is 2.33. The van der Waals surface area contributed by atoms with Gasteiger partial charge in [0.25, 0.3) is 0 Å². The molecule has 0 aliphatic carbocycles. The lowest BCUT2D eigenvalue weighted by Gasteiger charge is -1.96. The first-order chi connectivity index (χ1) is 3.72. The smallest absolute Gasteiger partial charge is 0.146 e. The van der Waals surface area contributed by atoms with Crippen molar-refractivity contribution in [2.24, 2.45) is 0 Å². The van der Waals surface area contributed by atoms with Crippen molar-refractivity contribution < 1.29 is 4.58 Å². The first kappa shape index (κ1) is 7.67. The SMILES string of the molecule is CC[N+](CC)=C(C)C. The van der Waals surface area contributed by atoms with Crippen molar-refractivity contribution in [2.75, 3.05) is 13.1 Å². The molecule has 0 aromatic heterocycles. The maximum Gasteiger partial charge on any atom is 0.146 e. The Balaban J connectivity index is 3.86. The first-order valence-electron chi connectivity index (χ1n) is 3.27. The molecule has 0 heterocycles. The van der Waals surface area contributed by atoms with Crippen molar-refractivity contribution in [1.29, 1.82) is 0 Å². The summed E-state index contributed by atoms with van der Waals surface area (Å²) in [7, 11) is 0. The van der Waals surface area contributed by atoms with E-state index in [0.717, 1.165) is 13.1 Å². The molecule has 1 nitrogen and oxygen atoms in total. The number of hydrogen-bond donors (Lipinski definition) is 0. The van der Waals surface area contributed by atoms with Crippen LogP contribution in [-0.2, 0) is 0 Å². The van der Waals surface area contributed by atoms with Crippen molar-refractivity contribution >= 4 is 5.71 Å². The van der Waals surface area contributed by atoms with E-state index in [-0.39, 0.29) is 0 Å². The fourth-order valence-electron chi connectivity index (χ4n) is 0.856. The molecule has 0 radical (unpaired) electrons. The summed E-state index contributed by atoms with van der Waals surface area (Å²) in [4.78, 5) is 0. The molecule has 0 amide bonds. The van der Waals surface area contributed by atoms with Crippen LogP contribution in [0, 0.1) is 0 Å². The van der Waals surface area contributed by atoms with Gasteiger partial charge < -0.3 is 0 Å². The van der Waals surface area contributed by atoms with Gasteiger partial charge in [-0.25, -0.2) is 4.58 Å². The number of nitrogens with zero attached hydrogens (tertiary/aromatic N) is 1. The van der Waals surface area contributed by atoms with E-state index in [1.807, 2.05) is 0 Å². The number of rotatable bonds is 2. The van der Waals surface area contributed by atoms with Crippen molar-refractivity contribution in [1.82, 2.24) is 0 Å². The van der Waals surface area contributed by atoms with E-state index < -0.39 is 0 Å². The van der Waals surface area contributed by atoms with Gasteiger partial charge in [0.2, 0.25) is 0 Å². The summed E-state index contributed by atoms with van der Waals surface area (Å²) >= 11 is 0. The van der Waals surface area contributed by atoms with Gasteiger partial charge in [0.05, 0.1) is 0 Å². The lowest BCUT2D eigenvalue weighted by molar-refractivity contribution is -0.521. The Kier molecular flexibility index (Phi) is 3.49. The quantitative estimate of drug-likeness (QED) is 0.378. The van der Waals surface area contributed by atoms with Crippen LogP contribution in [0.15, 0.2) is 0 Å². The van der Waals surface area contributed by atoms with Crippen molar-refractivity contribution in [2.45, 2.75) is 27.7 Å². The second-order valence-corrected chi connectivity index (χ2v) is 2.12. The molecule has 0 saturated carbocycles. The van der Waals surface area contributed by atoms with Crippen LogP contribution < -0.4 is 0 Å². The summed E-state index contributed by atoms with van der Waals surface area (Å²) in [6, 6.07) is 0. The van der Waals surface area contributed by atoms with Crippen LogP contribution in [0.25, 0.3) is 0 Å². The molecule has 0 atom stereocenters. The van der Waals surface area contributed by atoms with Crippen LogP contribution in [0.4, 0.5) is 0 Å². The Bertz CT molecular complexity index is 82.6. The maximum absolute atomic E-state index is 2.33. The summed E-state index contributed by atoms with van der Waals surface area (Å²) in [5.74, 6) is 0. The Morgan fingerprint density at radius 1 is 1.12 bits per heavy atom. The Morgan fingerprint density at radius 2 is 1.50 bits per heavy atom. The minimum atomic E-state index is 1.14. The second-order valence-electron chi connectivity index (χ2n) is 2.12. The summed E-state index contributed by atoms with van der Waals surface area (Å²) in [5.41, 5.74) is 1.41.